The van der Waals surface area contributed by atoms with Gasteiger partial charge in [-0.15, -0.1) is 0 Å². The lowest BCUT2D eigenvalue weighted by Gasteiger charge is -2.19. The summed E-state index contributed by atoms with van der Waals surface area (Å²) in [5, 5.41) is 18.4. The number of carboxylic acid groups (broad SMARTS) is 2. The summed E-state index contributed by atoms with van der Waals surface area (Å²) >= 11 is 0. The van der Waals surface area contributed by atoms with E-state index < -0.39 is 22.8 Å². The van der Waals surface area contributed by atoms with Crippen molar-refractivity contribution in [1.29, 1.82) is 0 Å². The van der Waals surface area contributed by atoms with Gasteiger partial charge in [0.15, 0.2) is 0 Å². The number of hydrogen-bond donors (Lipinski definition) is 2. The van der Waals surface area contributed by atoms with Crippen LogP contribution in [0.1, 0.15) is 114 Å². The largest absolute Gasteiger partial charge is 0.481 e. The highest BCUT2D eigenvalue weighted by Crippen LogP contribution is 2.27. The Labute approximate surface area is 195 Å². The molecule has 0 radical (unpaired) electrons. The van der Waals surface area contributed by atoms with E-state index in [0.717, 1.165) is 77.0 Å². The van der Waals surface area contributed by atoms with Crippen LogP contribution in [0.25, 0.3) is 0 Å². The van der Waals surface area contributed by atoms with Crippen molar-refractivity contribution in [1.82, 2.24) is 0 Å². The van der Waals surface area contributed by atoms with Gasteiger partial charge in [-0.3, -0.25) is 9.59 Å². The Hall–Kier alpha value is -1.84. The maximum atomic E-state index is 11.2. The van der Waals surface area contributed by atoms with E-state index in [2.05, 4.69) is 26.0 Å². The maximum absolute atomic E-state index is 11.2. The predicted molar refractivity (Wildman–Crippen MR) is 132 cm³/mol. The highest BCUT2D eigenvalue weighted by atomic mass is 16.4. The topological polar surface area (TPSA) is 74.6 Å². The van der Waals surface area contributed by atoms with Crippen LogP contribution in [0.4, 0.5) is 0 Å². The number of benzene rings is 1. The molecule has 1 aromatic carbocycles. The average Bonchev–Trinajstić information content (AvgIpc) is 2.70. The summed E-state index contributed by atoms with van der Waals surface area (Å²) in [7, 11) is 0. The number of carboxylic acids is 2. The summed E-state index contributed by atoms with van der Waals surface area (Å²) in [6, 6.07) is 4.53. The molecule has 0 aliphatic heterocycles. The van der Waals surface area contributed by atoms with Crippen LogP contribution >= 0.6 is 0 Å². The van der Waals surface area contributed by atoms with Crippen LogP contribution in [0.15, 0.2) is 12.1 Å². The normalized spacial score (nSPS) is 12.2. The predicted octanol–water partition coefficient (Wildman–Crippen LogP) is 7.51. The molecule has 182 valence electrons. The van der Waals surface area contributed by atoms with Gasteiger partial charge in [0.25, 0.3) is 0 Å². The molecule has 1 rings (SSSR count). The number of unbranched alkanes of at least 4 members (excludes halogenated alkanes) is 6. The monoisotopic (exact) mass is 446 g/mol. The lowest BCUT2D eigenvalue weighted by Crippen LogP contribution is -2.23. The highest BCUT2D eigenvalue weighted by Gasteiger charge is 2.26. The van der Waals surface area contributed by atoms with Crippen molar-refractivity contribution in [2.24, 2.45) is 10.8 Å². The number of hydrogen-bond acceptors (Lipinski definition) is 2. The standard InChI is InChI=1S/C28H46O4/c1-21-17-18-23(15-11-7-9-13-19-27(3,4)25(29)30)22(2)24(21)16-12-8-10-14-20-28(5,6)26(31)32/h17-18H,7-16,19-20H2,1-6H3,(H,29,30)(H,31,32). The van der Waals surface area contributed by atoms with E-state index >= 15 is 0 Å². The molecular weight excluding hydrogens is 400 g/mol. The third-order valence-corrected chi connectivity index (χ3v) is 7.08. The Morgan fingerprint density at radius 2 is 1.12 bits per heavy atom. The summed E-state index contributed by atoms with van der Waals surface area (Å²) in [6.07, 6.45) is 12.4. The number of aliphatic carboxylic acids is 2. The van der Waals surface area contributed by atoms with Crippen LogP contribution in [0.3, 0.4) is 0 Å². The molecule has 4 heteroatoms. The van der Waals surface area contributed by atoms with Gasteiger partial charge in [0.2, 0.25) is 0 Å². The van der Waals surface area contributed by atoms with Gasteiger partial charge in [0.05, 0.1) is 10.8 Å². The van der Waals surface area contributed by atoms with Gasteiger partial charge in [0, 0.05) is 0 Å². The summed E-state index contributed by atoms with van der Waals surface area (Å²) in [5.74, 6) is -1.41. The summed E-state index contributed by atoms with van der Waals surface area (Å²) in [6.45, 7) is 11.7. The zero-order valence-electron chi connectivity index (χ0n) is 21.4. The minimum absolute atomic E-state index is 0.616. The Bertz CT molecular complexity index is 746. The minimum Gasteiger partial charge on any atom is -0.481 e. The molecule has 0 aromatic heterocycles. The molecular formula is C28H46O4. The lowest BCUT2D eigenvalue weighted by molar-refractivity contribution is -0.148. The average molecular weight is 447 g/mol. The zero-order chi connectivity index (χ0) is 24.4. The van der Waals surface area contributed by atoms with Crippen LogP contribution in [-0.4, -0.2) is 22.2 Å². The van der Waals surface area contributed by atoms with E-state index in [1.165, 1.54) is 22.3 Å². The fourth-order valence-corrected chi connectivity index (χ4v) is 4.27. The van der Waals surface area contributed by atoms with E-state index in [1.807, 2.05) is 27.7 Å². The first-order chi connectivity index (χ1) is 14.9. The number of aryl methyl sites for hydroxylation is 2. The Balaban J connectivity index is 2.40. The fourth-order valence-electron chi connectivity index (χ4n) is 4.27. The molecule has 0 bridgehead atoms. The molecule has 32 heavy (non-hydrogen) atoms. The first kappa shape index (κ1) is 28.2. The number of rotatable bonds is 16. The van der Waals surface area contributed by atoms with Gasteiger partial charge in [-0.2, -0.15) is 0 Å². The molecule has 2 N–H and O–H groups in total. The molecule has 4 nitrogen and oxygen atoms in total. The van der Waals surface area contributed by atoms with Gasteiger partial charge >= 0.3 is 11.9 Å². The highest BCUT2D eigenvalue weighted by molar-refractivity contribution is 5.73. The molecule has 0 saturated carbocycles. The third-order valence-electron chi connectivity index (χ3n) is 7.08. The quantitative estimate of drug-likeness (QED) is 0.258. The molecule has 0 atom stereocenters. The van der Waals surface area contributed by atoms with E-state index in [-0.39, 0.29) is 0 Å². The number of carbonyl (C=O) groups is 2. The second-order valence-corrected chi connectivity index (χ2v) is 10.9. The summed E-state index contributed by atoms with van der Waals surface area (Å²) in [4.78, 5) is 22.4. The van der Waals surface area contributed by atoms with E-state index in [9.17, 15) is 19.8 Å². The van der Waals surface area contributed by atoms with Crippen LogP contribution < -0.4 is 0 Å². The van der Waals surface area contributed by atoms with Crippen molar-refractivity contribution in [3.63, 3.8) is 0 Å². The van der Waals surface area contributed by atoms with Crippen molar-refractivity contribution in [3.05, 3.63) is 34.4 Å². The van der Waals surface area contributed by atoms with Gasteiger partial charge in [-0.1, -0.05) is 50.7 Å². The van der Waals surface area contributed by atoms with Crippen molar-refractivity contribution < 1.29 is 19.8 Å². The van der Waals surface area contributed by atoms with Crippen LogP contribution in [-0.2, 0) is 22.4 Å². The molecule has 0 aliphatic carbocycles. The van der Waals surface area contributed by atoms with E-state index in [0.29, 0.717) is 0 Å². The molecule has 0 fully saturated rings. The van der Waals surface area contributed by atoms with Crippen LogP contribution in [0.2, 0.25) is 0 Å². The van der Waals surface area contributed by atoms with Crippen LogP contribution in [0, 0.1) is 24.7 Å². The van der Waals surface area contributed by atoms with E-state index in [1.54, 1.807) is 0 Å². The maximum Gasteiger partial charge on any atom is 0.309 e. The van der Waals surface area contributed by atoms with Crippen molar-refractivity contribution in [2.45, 2.75) is 119 Å². The van der Waals surface area contributed by atoms with Crippen molar-refractivity contribution >= 4 is 11.9 Å². The first-order valence-corrected chi connectivity index (χ1v) is 12.4. The molecule has 0 unspecified atom stereocenters. The van der Waals surface area contributed by atoms with Gasteiger partial charge in [-0.05, 0) is 102 Å². The zero-order valence-corrected chi connectivity index (χ0v) is 21.4. The molecule has 0 heterocycles. The van der Waals surface area contributed by atoms with Gasteiger partial charge in [0.1, 0.15) is 0 Å². The van der Waals surface area contributed by atoms with Gasteiger partial charge < -0.3 is 10.2 Å². The smallest absolute Gasteiger partial charge is 0.309 e. The molecule has 0 spiro atoms. The Morgan fingerprint density at radius 3 is 1.59 bits per heavy atom. The molecule has 0 saturated heterocycles. The Kier molecular flexibility index (Phi) is 11.5. The summed E-state index contributed by atoms with van der Waals surface area (Å²) < 4.78 is 0. The third kappa shape index (κ3) is 9.34. The second kappa shape index (κ2) is 13.0. The summed E-state index contributed by atoms with van der Waals surface area (Å²) in [5.41, 5.74) is 4.50. The van der Waals surface area contributed by atoms with Crippen LogP contribution in [0.5, 0.6) is 0 Å². The molecule has 0 aliphatic rings. The van der Waals surface area contributed by atoms with Crippen molar-refractivity contribution in [3.8, 4) is 0 Å². The molecule has 1 aromatic rings. The Morgan fingerprint density at radius 1 is 0.688 bits per heavy atom. The lowest BCUT2D eigenvalue weighted by atomic mass is 9.86. The first-order valence-electron chi connectivity index (χ1n) is 12.4. The molecule has 0 amide bonds. The SMILES string of the molecule is Cc1ccc(CCCCCCC(C)(C)C(=O)O)c(C)c1CCCCCCC(C)(C)C(=O)O. The van der Waals surface area contributed by atoms with E-state index in [4.69, 9.17) is 0 Å². The second-order valence-electron chi connectivity index (χ2n) is 10.9. The minimum atomic E-state index is -0.704. The van der Waals surface area contributed by atoms with Gasteiger partial charge in [-0.25, -0.2) is 0 Å². The van der Waals surface area contributed by atoms with Crippen molar-refractivity contribution in [2.75, 3.05) is 0 Å². The fraction of sp³-hybridized carbons (Fsp3) is 0.714.